The van der Waals surface area contributed by atoms with E-state index in [9.17, 15) is 8.42 Å². The van der Waals surface area contributed by atoms with Crippen LogP contribution in [0.5, 0.6) is 0 Å². The van der Waals surface area contributed by atoms with Gasteiger partial charge in [-0.05, 0) is 19.2 Å². The van der Waals surface area contributed by atoms with E-state index in [1.807, 2.05) is 7.05 Å². The van der Waals surface area contributed by atoms with Gasteiger partial charge in [-0.15, -0.1) is 0 Å². The van der Waals surface area contributed by atoms with Crippen molar-refractivity contribution in [2.75, 3.05) is 39.0 Å². The number of anilines is 1. The largest absolute Gasteiger partial charge is 0.381 e. The standard InChI is InChI=1S/C12H17N5O2S/c1-15-6-8-16(9-7-15)20(18,19)12-11(13)14-10-4-2-3-5-17(10)12/h2-5H,6-9,13H2,1H3. The molecule has 108 valence electrons. The molecule has 1 aliphatic rings. The van der Waals surface area contributed by atoms with Crippen molar-refractivity contribution in [1.29, 1.82) is 0 Å². The van der Waals surface area contributed by atoms with E-state index in [0.717, 1.165) is 13.1 Å². The Bertz CT molecular complexity index is 731. The van der Waals surface area contributed by atoms with Crippen LogP contribution in [0.2, 0.25) is 0 Å². The van der Waals surface area contributed by atoms with E-state index >= 15 is 0 Å². The molecule has 2 N–H and O–H groups in total. The molecule has 0 bridgehead atoms. The van der Waals surface area contributed by atoms with Crippen LogP contribution in [0.4, 0.5) is 5.82 Å². The van der Waals surface area contributed by atoms with E-state index in [-0.39, 0.29) is 10.8 Å². The monoisotopic (exact) mass is 295 g/mol. The van der Waals surface area contributed by atoms with Gasteiger partial charge in [-0.25, -0.2) is 13.4 Å². The molecule has 2 aromatic rings. The number of imidazole rings is 1. The van der Waals surface area contributed by atoms with Crippen LogP contribution in [0.15, 0.2) is 29.4 Å². The Balaban J connectivity index is 2.07. The zero-order valence-electron chi connectivity index (χ0n) is 11.2. The summed E-state index contributed by atoms with van der Waals surface area (Å²) in [5.74, 6) is 0.0510. The number of piperazine rings is 1. The van der Waals surface area contributed by atoms with Gasteiger partial charge in [0.05, 0.1) is 0 Å². The predicted octanol–water partition coefficient (Wildman–Crippen LogP) is -0.147. The lowest BCUT2D eigenvalue weighted by atomic mass is 10.4. The first-order chi connectivity index (χ1) is 9.50. The first kappa shape index (κ1) is 13.3. The van der Waals surface area contributed by atoms with Crippen LogP contribution >= 0.6 is 0 Å². The van der Waals surface area contributed by atoms with Gasteiger partial charge < -0.3 is 10.6 Å². The number of hydrogen-bond acceptors (Lipinski definition) is 5. The van der Waals surface area contributed by atoms with Gasteiger partial charge in [0.2, 0.25) is 0 Å². The lowest BCUT2D eigenvalue weighted by Crippen LogP contribution is -2.47. The number of sulfonamides is 1. The minimum Gasteiger partial charge on any atom is -0.381 e. The van der Waals surface area contributed by atoms with Gasteiger partial charge in [0, 0.05) is 32.4 Å². The molecule has 3 rings (SSSR count). The summed E-state index contributed by atoms with van der Waals surface area (Å²) in [6.45, 7) is 2.38. The second-order valence-electron chi connectivity index (χ2n) is 4.94. The summed E-state index contributed by atoms with van der Waals surface area (Å²) < 4.78 is 28.5. The third-order valence-corrected chi connectivity index (χ3v) is 5.50. The highest BCUT2D eigenvalue weighted by Crippen LogP contribution is 2.24. The van der Waals surface area contributed by atoms with Crippen molar-refractivity contribution in [3.8, 4) is 0 Å². The predicted molar refractivity (Wildman–Crippen MR) is 75.9 cm³/mol. The average Bonchev–Trinajstić information content (AvgIpc) is 2.75. The quantitative estimate of drug-likeness (QED) is 0.833. The van der Waals surface area contributed by atoms with Crippen molar-refractivity contribution in [2.45, 2.75) is 5.03 Å². The Kier molecular flexibility index (Phi) is 3.15. The molecule has 0 radical (unpaired) electrons. The summed E-state index contributed by atoms with van der Waals surface area (Å²) in [7, 11) is -1.64. The summed E-state index contributed by atoms with van der Waals surface area (Å²) >= 11 is 0. The number of rotatable bonds is 2. The number of aromatic nitrogens is 2. The summed E-state index contributed by atoms with van der Waals surface area (Å²) in [4.78, 5) is 6.21. The topological polar surface area (TPSA) is 83.9 Å². The lowest BCUT2D eigenvalue weighted by Gasteiger charge is -2.31. The van der Waals surface area contributed by atoms with Crippen molar-refractivity contribution in [3.05, 3.63) is 24.4 Å². The van der Waals surface area contributed by atoms with Crippen molar-refractivity contribution >= 4 is 21.5 Å². The van der Waals surface area contributed by atoms with E-state index in [1.165, 1.54) is 8.71 Å². The first-order valence-corrected chi connectivity index (χ1v) is 7.85. The van der Waals surface area contributed by atoms with Gasteiger partial charge in [0.25, 0.3) is 10.0 Å². The SMILES string of the molecule is CN1CCN(S(=O)(=O)c2c(N)nc3ccccn23)CC1. The normalized spacial score (nSPS) is 18.6. The molecule has 0 aromatic carbocycles. The van der Waals surface area contributed by atoms with E-state index in [2.05, 4.69) is 9.88 Å². The van der Waals surface area contributed by atoms with Crippen molar-refractivity contribution < 1.29 is 8.42 Å². The minimum atomic E-state index is -3.62. The molecule has 0 saturated carbocycles. The van der Waals surface area contributed by atoms with Crippen molar-refractivity contribution in [3.63, 3.8) is 0 Å². The maximum atomic E-state index is 12.8. The van der Waals surface area contributed by atoms with Gasteiger partial charge in [0.1, 0.15) is 5.65 Å². The molecule has 0 amide bonds. The van der Waals surface area contributed by atoms with Crippen molar-refractivity contribution in [1.82, 2.24) is 18.6 Å². The molecule has 0 unspecified atom stereocenters. The van der Waals surface area contributed by atoms with Crippen LogP contribution in [0, 0.1) is 0 Å². The number of nitrogens with two attached hydrogens (primary N) is 1. The van der Waals surface area contributed by atoms with E-state index in [0.29, 0.717) is 18.7 Å². The number of hydrogen-bond donors (Lipinski definition) is 1. The average molecular weight is 295 g/mol. The van der Waals surface area contributed by atoms with E-state index in [4.69, 9.17) is 5.73 Å². The first-order valence-electron chi connectivity index (χ1n) is 6.41. The maximum absolute atomic E-state index is 12.8. The number of nitrogen functional groups attached to an aromatic ring is 1. The highest BCUT2D eigenvalue weighted by molar-refractivity contribution is 7.89. The van der Waals surface area contributed by atoms with E-state index in [1.54, 1.807) is 24.4 Å². The second kappa shape index (κ2) is 4.72. The fourth-order valence-electron chi connectivity index (χ4n) is 2.40. The molecule has 7 nitrogen and oxygen atoms in total. The van der Waals surface area contributed by atoms with Gasteiger partial charge in [0.15, 0.2) is 10.8 Å². The zero-order chi connectivity index (χ0) is 14.3. The summed E-state index contributed by atoms with van der Waals surface area (Å²) in [6.07, 6.45) is 1.67. The second-order valence-corrected chi connectivity index (χ2v) is 6.79. The summed E-state index contributed by atoms with van der Waals surface area (Å²) in [6, 6.07) is 5.30. The van der Waals surface area contributed by atoms with Gasteiger partial charge >= 0.3 is 0 Å². The van der Waals surface area contributed by atoms with Crippen LogP contribution in [0.3, 0.4) is 0 Å². The molecule has 1 fully saturated rings. The minimum absolute atomic E-state index is 0.0510. The molecule has 3 heterocycles. The van der Waals surface area contributed by atoms with Crippen LogP contribution in [-0.4, -0.2) is 60.2 Å². The number of pyridine rings is 1. The van der Waals surface area contributed by atoms with Crippen LogP contribution < -0.4 is 5.73 Å². The Labute approximate surface area is 117 Å². The Hall–Kier alpha value is -1.64. The Morgan fingerprint density at radius 3 is 2.60 bits per heavy atom. The highest BCUT2D eigenvalue weighted by Gasteiger charge is 2.32. The molecule has 1 saturated heterocycles. The number of likely N-dealkylation sites (N-methyl/N-ethyl adjacent to an activating group) is 1. The molecule has 0 aliphatic carbocycles. The fraction of sp³-hybridized carbons (Fsp3) is 0.417. The molecular formula is C12H17N5O2S. The lowest BCUT2D eigenvalue weighted by molar-refractivity contribution is 0.222. The van der Waals surface area contributed by atoms with Gasteiger partial charge in [-0.1, -0.05) is 6.07 Å². The number of fused-ring (bicyclic) bond motifs is 1. The third kappa shape index (κ3) is 2.05. The van der Waals surface area contributed by atoms with Crippen LogP contribution in [0.1, 0.15) is 0 Å². The maximum Gasteiger partial charge on any atom is 0.262 e. The molecule has 20 heavy (non-hydrogen) atoms. The third-order valence-electron chi connectivity index (χ3n) is 3.56. The molecule has 2 aromatic heterocycles. The highest BCUT2D eigenvalue weighted by atomic mass is 32.2. The number of nitrogens with zero attached hydrogens (tertiary/aromatic N) is 4. The smallest absolute Gasteiger partial charge is 0.262 e. The molecule has 0 spiro atoms. The molecule has 8 heteroatoms. The Morgan fingerprint density at radius 1 is 1.20 bits per heavy atom. The van der Waals surface area contributed by atoms with Gasteiger partial charge in [-0.3, -0.25) is 4.40 Å². The molecule has 1 aliphatic heterocycles. The fourth-order valence-corrected chi connectivity index (χ4v) is 4.00. The molecule has 0 atom stereocenters. The van der Waals surface area contributed by atoms with Crippen molar-refractivity contribution in [2.24, 2.45) is 0 Å². The molecular weight excluding hydrogens is 278 g/mol. The van der Waals surface area contributed by atoms with Gasteiger partial charge in [-0.2, -0.15) is 4.31 Å². The Morgan fingerprint density at radius 2 is 1.90 bits per heavy atom. The van der Waals surface area contributed by atoms with Crippen LogP contribution in [0.25, 0.3) is 5.65 Å². The summed E-state index contributed by atoms with van der Waals surface area (Å²) in [5.41, 5.74) is 6.36. The van der Waals surface area contributed by atoms with Crippen LogP contribution in [-0.2, 0) is 10.0 Å². The van der Waals surface area contributed by atoms with E-state index < -0.39 is 10.0 Å². The summed E-state index contributed by atoms with van der Waals surface area (Å²) in [5, 5.41) is 0.0673. The zero-order valence-corrected chi connectivity index (χ0v) is 12.0.